The summed E-state index contributed by atoms with van der Waals surface area (Å²) in [6, 6.07) is 8.77. The van der Waals surface area contributed by atoms with Crippen LogP contribution >= 0.6 is 0 Å². The van der Waals surface area contributed by atoms with Gasteiger partial charge in [-0.1, -0.05) is 29.8 Å². The molecular weight excluding hydrogens is 318 g/mol. The summed E-state index contributed by atoms with van der Waals surface area (Å²) in [5.41, 5.74) is 2.58. The van der Waals surface area contributed by atoms with Crippen molar-refractivity contribution >= 4 is 11.8 Å². The van der Waals surface area contributed by atoms with Gasteiger partial charge in [-0.05, 0) is 12.5 Å². The lowest BCUT2D eigenvalue weighted by molar-refractivity contribution is -0.133. The molecule has 2 aliphatic rings. The molecule has 0 saturated carbocycles. The number of likely N-dealkylation sites (tertiary alicyclic amines) is 2. The third kappa shape index (κ3) is 4.38. The Balaban J connectivity index is 1.45. The summed E-state index contributed by atoms with van der Waals surface area (Å²) in [6.45, 7) is 6.32. The van der Waals surface area contributed by atoms with Crippen LogP contribution in [-0.2, 0) is 20.9 Å². The number of rotatable bonds is 7. The van der Waals surface area contributed by atoms with Gasteiger partial charge in [0.15, 0.2) is 0 Å². The van der Waals surface area contributed by atoms with Crippen molar-refractivity contribution in [2.75, 3.05) is 39.9 Å². The molecule has 0 radical (unpaired) electrons. The van der Waals surface area contributed by atoms with Crippen LogP contribution in [0.3, 0.4) is 0 Å². The van der Waals surface area contributed by atoms with E-state index in [-0.39, 0.29) is 23.8 Å². The third-order valence-electron chi connectivity index (χ3n) is 5.00. The molecule has 1 aromatic rings. The Morgan fingerprint density at radius 3 is 2.84 bits per heavy atom. The van der Waals surface area contributed by atoms with Crippen LogP contribution in [0, 0.1) is 12.8 Å². The zero-order valence-electron chi connectivity index (χ0n) is 15.0. The molecular formula is C19H27N3O3. The van der Waals surface area contributed by atoms with E-state index in [9.17, 15) is 9.59 Å². The standard InChI is InChI=1S/C19H27N3O3/c1-14-4-3-5-15(8-14)10-21-12-17(13-21)22-11-16(9-18(22)23)19(24)20-6-7-25-2/h3-5,8,16-17H,6-7,9-13H2,1-2H3,(H,20,24). The van der Waals surface area contributed by atoms with Crippen molar-refractivity contribution in [3.63, 3.8) is 0 Å². The summed E-state index contributed by atoms with van der Waals surface area (Å²) in [4.78, 5) is 28.6. The summed E-state index contributed by atoms with van der Waals surface area (Å²) in [5, 5.41) is 2.84. The number of hydrogen-bond acceptors (Lipinski definition) is 4. The quantitative estimate of drug-likeness (QED) is 0.742. The van der Waals surface area contributed by atoms with Gasteiger partial charge in [-0.2, -0.15) is 0 Å². The number of carbonyl (C=O) groups is 2. The first-order valence-corrected chi connectivity index (χ1v) is 8.91. The van der Waals surface area contributed by atoms with Crippen LogP contribution in [0.25, 0.3) is 0 Å². The van der Waals surface area contributed by atoms with E-state index in [1.54, 1.807) is 7.11 Å². The summed E-state index contributed by atoms with van der Waals surface area (Å²) < 4.78 is 4.93. The van der Waals surface area contributed by atoms with Gasteiger partial charge in [0.2, 0.25) is 11.8 Å². The minimum absolute atomic E-state index is 0.0381. The molecule has 2 saturated heterocycles. The van der Waals surface area contributed by atoms with Crippen molar-refractivity contribution < 1.29 is 14.3 Å². The Morgan fingerprint density at radius 1 is 1.32 bits per heavy atom. The summed E-state index contributed by atoms with van der Waals surface area (Å²) in [7, 11) is 1.60. The molecule has 1 aromatic carbocycles. The molecule has 2 fully saturated rings. The molecule has 1 N–H and O–H groups in total. The van der Waals surface area contributed by atoms with Gasteiger partial charge >= 0.3 is 0 Å². The first-order chi connectivity index (χ1) is 12.1. The summed E-state index contributed by atoms with van der Waals surface area (Å²) >= 11 is 0. The van der Waals surface area contributed by atoms with Gasteiger partial charge in [-0.3, -0.25) is 14.5 Å². The monoisotopic (exact) mass is 345 g/mol. The second-order valence-corrected chi connectivity index (χ2v) is 7.07. The maximum Gasteiger partial charge on any atom is 0.225 e. The Hall–Kier alpha value is -1.92. The maximum absolute atomic E-state index is 12.3. The average molecular weight is 345 g/mol. The highest BCUT2D eigenvalue weighted by molar-refractivity contribution is 5.89. The molecule has 2 heterocycles. The van der Waals surface area contributed by atoms with Gasteiger partial charge in [-0.25, -0.2) is 0 Å². The fourth-order valence-electron chi connectivity index (χ4n) is 3.62. The molecule has 0 aromatic heterocycles. The molecule has 0 bridgehead atoms. The highest BCUT2D eigenvalue weighted by atomic mass is 16.5. The van der Waals surface area contributed by atoms with Gasteiger partial charge in [0.25, 0.3) is 0 Å². The first kappa shape index (κ1) is 17.9. The van der Waals surface area contributed by atoms with Crippen molar-refractivity contribution in [3.8, 4) is 0 Å². The average Bonchev–Trinajstić information content (AvgIpc) is 2.92. The molecule has 25 heavy (non-hydrogen) atoms. The Kier molecular flexibility index (Phi) is 5.71. The van der Waals surface area contributed by atoms with Gasteiger partial charge < -0.3 is 15.0 Å². The molecule has 0 aliphatic carbocycles. The van der Waals surface area contributed by atoms with Crippen molar-refractivity contribution in [1.29, 1.82) is 0 Å². The lowest BCUT2D eigenvalue weighted by Crippen LogP contribution is -2.59. The van der Waals surface area contributed by atoms with E-state index in [1.807, 2.05) is 4.90 Å². The van der Waals surface area contributed by atoms with Crippen LogP contribution in [0.5, 0.6) is 0 Å². The lowest BCUT2D eigenvalue weighted by atomic mass is 10.0. The van der Waals surface area contributed by atoms with E-state index in [0.29, 0.717) is 26.1 Å². The summed E-state index contributed by atoms with van der Waals surface area (Å²) in [6.07, 6.45) is 0.327. The van der Waals surface area contributed by atoms with Gasteiger partial charge in [0, 0.05) is 46.3 Å². The van der Waals surface area contributed by atoms with E-state index >= 15 is 0 Å². The van der Waals surface area contributed by atoms with Crippen molar-refractivity contribution in [2.24, 2.45) is 5.92 Å². The topological polar surface area (TPSA) is 61.9 Å². The normalized spacial score (nSPS) is 21.4. The zero-order chi connectivity index (χ0) is 17.8. The number of methoxy groups -OCH3 is 1. The van der Waals surface area contributed by atoms with Crippen LogP contribution in [0.1, 0.15) is 17.5 Å². The smallest absolute Gasteiger partial charge is 0.225 e. The highest BCUT2D eigenvalue weighted by Gasteiger charge is 2.41. The molecule has 6 heteroatoms. The number of aryl methyl sites for hydroxylation is 1. The number of ether oxygens (including phenoxy) is 1. The van der Waals surface area contributed by atoms with Crippen molar-refractivity contribution in [3.05, 3.63) is 35.4 Å². The Morgan fingerprint density at radius 2 is 2.12 bits per heavy atom. The van der Waals surface area contributed by atoms with Crippen LogP contribution in [0.2, 0.25) is 0 Å². The largest absolute Gasteiger partial charge is 0.383 e. The zero-order valence-corrected chi connectivity index (χ0v) is 15.0. The predicted octanol–water partition coefficient (Wildman–Crippen LogP) is 0.790. The van der Waals surface area contributed by atoms with E-state index < -0.39 is 0 Å². The second kappa shape index (κ2) is 7.97. The van der Waals surface area contributed by atoms with Crippen LogP contribution in [0.4, 0.5) is 0 Å². The SMILES string of the molecule is COCCNC(=O)C1CC(=O)N(C2CN(Cc3cccc(C)c3)C2)C1. The van der Waals surface area contributed by atoms with E-state index in [2.05, 4.69) is 41.4 Å². The minimum Gasteiger partial charge on any atom is -0.383 e. The number of nitrogens with one attached hydrogen (secondary N) is 1. The first-order valence-electron chi connectivity index (χ1n) is 8.91. The van der Waals surface area contributed by atoms with Gasteiger partial charge in [-0.15, -0.1) is 0 Å². The van der Waals surface area contributed by atoms with Crippen LogP contribution < -0.4 is 5.32 Å². The third-order valence-corrected chi connectivity index (χ3v) is 5.00. The van der Waals surface area contributed by atoms with E-state index in [0.717, 1.165) is 19.6 Å². The second-order valence-electron chi connectivity index (χ2n) is 7.07. The van der Waals surface area contributed by atoms with Crippen LogP contribution in [0.15, 0.2) is 24.3 Å². The molecule has 1 atom stereocenters. The van der Waals surface area contributed by atoms with E-state index in [1.165, 1.54) is 11.1 Å². The minimum atomic E-state index is -0.227. The Bertz CT molecular complexity index is 628. The number of carbonyl (C=O) groups excluding carboxylic acids is 2. The fraction of sp³-hybridized carbons (Fsp3) is 0.579. The number of benzene rings is 1. The number of hydrogen-bond donors (Lipinski definition) is 1. The van der Waals surface area contributed by atoms with E-state index in [4.69, 9.17) is 4.74 Å². The van der Waals surface area contributed by atoms with Gasteiger partial charge in [0.1, 0.15) is 0 Å². The molecule has 1 unspecified atom stereocenters. The van der Waals surface area contributed by atoms with Gasteiger partial charge in [0.05, 0.1) is 18.6 Å². The van der Waals surface area contributed by atoms with Crippen LogP contribution in [-0.4, -0.2) is 67.6 Å². The van der Waals surface area contributed by atoms with Crippen molar-refractivity contribution in [2.45, 2.75) is 25.9 Å². The number of nitrogens with zero attached hydrogens (tertiary/aromatic N) is 2. The number of amides is 2. The summed E-state index contributed by atoms with van der Waals surface area (Å²) in [5.74, 6) is -0.161. The molecule has 2 aliphatic heterocycles. The molecule has 2 amide bonds. The maximum atomic E-state index is 12.3. The van der Waals surface area contributed by atoms with Crippen molar-refractivity contribution in [1.82, 2.24) is 15.1 Å². The highest BCUT2D eigenvalue weighted by Crippen LogP contribution is 2.26. The fourth-order valence-corrected chi connectivity index (χ4v) is 3.62. The Labute approximate surface area is 149 Å². The predicted molar refractivity (Wildman–Crippen MR) is 94.9 cm³/mol. The lowest BCUT2D eigenvalue weighted by Gasteiger charge is -2.44. The molecule has 136 valence electrons. The molecule has 3 rings (SSSR count). The molecule has 0 spiro atoms. The molecule has 6 nitrogen and oxygen atoms in total.